The second-order valence-electron chi connectivity index (χ2n) is 5.90. The minimum Gasteiger partial charge on any atom is -0.370 e. The van der Waals surface area contributed by atoms with Crippen molar-refractivity contribution in [3.8, 4) is 0 Å². The van der Waals surface area contributed by atoms with Crippen molar-refractivity contribution in [2.75, 3.05) is 23.3 Å². The SMILES string of the molecule is O=C(/C=C/c1ccccc1)NC(=S)Nc1ccccc1N1CCCC1. The molecule has 2 N–H and O–H groups in total. The lowest BCUT2D eigenvalue weighted by Crippen LogP contribution is -2.33. The van der Waals surface area contributed by atoms with Crippen molar-refractivity contribution in [2.45, 2.75) is 12.8 Å². The van der Waals surface area contributed by atoms with Gasteiger partial charge in [-0.2, -0.15) is 0 Å². The zero-order chi connectivity index (χ0) is 17.5. The Kier molecular flexibility index (Phi) is 5.80. The third-order valence-electron chi connectivity index (χ3n) is 4.06. The van der Waals surface area contributed by atoms with Gasteiger partial charge >= 0.3 is 0 Å². The molecule has 0 unspecified atom stereocenters. The van der Waals surface area contributed by atoms with Crippen LogP contribution in [0.5, 0.6) is 0 Å². The molecule has 1 amide bonds. The Morgan fingerprint density at radius 2 is 1.68 bits per heavy atom. The molecule has 0 saturated carbocycles. The van der Waals surface area contributed by atoms with Crippen LogP contribution in [0.15, 0.2) is 60.7 Å². The topological polar surface area (TPSA) is 44.4 Å². The van der Waals surface area contributed by atoms with Crippen LogP contribution in [-0.4, -0.2) is 24.1 Å². The largest absolute Gasteiger partial charge is 0.370 e. The van der Waals surface area contributed by atoms with E-state index >= 15 is 0 Å². The highest BCUT2D eigenvalue weighted by molar-refractivity contribution is 7.80. The number of hydrogen-bond acceptors (Lipinski definition) is 3. The number of anilines is 2. The second kappa shape index (κ2) is 8.44. The van der Waals surface area contributed by atoms with Gasteiger partial charge in [0.05, 0.1) is 11.4 Å². The van der Waals surface area contributed by atoms with Crippen LogP contribution in [0.25, 0.3) is 6.08 Å². The van der Waals surface area contributed by atoms with Gasteiger partial charge in [-0.15, -0.1) is 0 Å². The van der Waals surface area contributed by atoms with Crippen LogP contribution in [0.3, 0.4) is 0 Å². The van der Waals surface area contributed by atoms with Gasteiger partial charge in [0.1, 0.15) is 0 Å². The van der Waals surface area contributed by atoms with Gasteiger partial charge in [0.15, 0.2) is 5.11 Å². The molecule has 0 aliphatic carbocycles. The van der Waals surface area contributed by atoms with Crippen LogP contribution in [0.4, 0.5) is 11.4 Å². The highest BCUT2D eigenvalue weighted by Crippen LogP contribution is 2.28. The number of thiocarbonyl (C=S) groups is 1. The normalized spacial score (nSPS) is 13.8. The number of nitrogens with zero attached hydrogens (tertiary/aromatic N) is 1. The molecular weight excluding hydrogens is 330 g/mol. The molecular formula is C20H21N3OS. The Labute approximate surface area is 153 Å². The summed E-state index contributed by atoms with van der Waals surface area (Å²) in [7, 11) is 0. The van der Waals surface area contributed by atoms with Gasteiger partial charge in [-0.3, -0.25) is 10.1 Å². The summed E-state index contributed by atoms with van der Waals surface area (Å²) >= 11 is 5.28. The van der Waals surface area contributed by atoms with Crippen molar-refractivity contribution in [3.05, 3.63) is 66.2 Å². The second-order valence-corrected chi connectivity index (χ2v) is 6.31. The first-order valence-corrected chi connectivity index (χ1v) is 8.82. The fourth-order valence-corrected chi connectivity index (χ4v) is 3.07. The predicted octanol–water partition coefficient (Wildman–Crippen LogP) is 3.81. The van der Waals surface area contributed by atoms with E-state index in [4.69, 9.17) is 12.2 Å². The molecule has 2 aromatic carbocycles. The molecule has 1 aliphatic rings. The number of benzene rings is 2. The molecule has 25 heavy (non-hydrogen) atoms. The Morgan fingerprint density at radius 1 is 1.00 bits per heavy atom. The first kappa shape index (κ1) is 17.2. The minimum absolute atomic E-state index is 0.250. The smallest absolute Gasteiger partial charge is 0.250 e. The van der Waals surface area contributed by atoms with Crippen LogP contribution in [-0.2, 0) is 4.79 Å². The molecule has 4 nitrogen and oxygen atoms in total. The third kappa shape index (κ3) is 4.90. The van der Waals surface area contributed by atoms with E-state index in [1.807, 2.05) is 48.5 Å². The van der Waals surface area contributed by atoms with E-state index in [-0.39, 0.29) is 5.91 Å². The summed E-state index contributed by atoms with van der Waals surface area (Å²) in [6, 6.07) is 17.7. The number of carbonyl (C=O) groups is 1. The number of amides is 1. The molecule has 3 rings (SSSR count). The molecule has 2 aromatic rings. The summed E-state index contributed by atoms with van der Waals surface area (Å²) in [5.74, 6) is -0.250. The minimum atomic E-state index is -0.250. The molecule has 0 spiro atoms. The van der Waals surface area contributed by atoms with Crippen molar-refractivity contribution >= 4 is 40.7 Å². The zero-order valence-electron chi connectivity index (χ0n) is 13.9. The molecule has 0 bridgehead atoms. The van der Waals surface area contributed by atoms with Gasteiger partial charge in [0.25, 0.3) is 0 Å². The number of para-hydroxylation sites is 2. The van der Waals surface area contributed by atoms with Crippen LogP contribution in [0.1, 0.15) is 18.4 Å². The van der Waals surface area contributed by atoms with Gasteiger partial charge in [0.2, 0.25) is 5.91 Å². The fourth-order valence-electron chi connectivity index (χ4n) is 2.86. The lowest BCUT2D eigenvalue weighted by molar-refractivity contribution is -0.115. The van der Waals surface area contributed by atoms with Crippen LogP contribution in [0, 0.1) is 0 Å². The summed E-state index contributed by atoms with van der Waals surface area (Å²) in [5.41, 5.74) is 3.01. The average Bonchev–Trinajstić information content (AvgIpc) is 3.16. The highest BCUT2D eigenvalue weighted by Gasteiger charge is 2.15. The van der Waals surface area contributed by atoms with E-state index in [0.29, 0.717) is 5.11 Å². The number of hydrogen-bond donors (Lipinski definition) is 2. The number of rotatable bonds is 4. The van der Waals surface area contributed by atoms with E-state index in [1.165, 1.54) is 18.9 Å². The van der Waals surface area contributed by atoms with E-state index < -0.39 is 0 Å². The first-order valence-electron chi connectivity index (χ1n) is 8.41. The standard InChI is InChI=1S/C20H21N3OS/c24-19(13-12-16-8-2-1-3-9-16)22-20(25)21-17-10-4-5-11-18(17)23-14-6-7-15-23/h1-5,8-13H,6-7,14-15H2,(H2,21,22,24,25)/b13-12+. The van der Waals surface area contributed by atoms with E-state index in [0.717, 1.165) is 30.0 Å². The van der Waals surface area contributed by atoms with Gasteiger partial charge < -0.3 is 10.2 Å². The quantitative estimate of drug-likeness (QED) is 0.649. The Hall–Kier alpha value is -2.66. The summed E-state index contributed by atoms with van der Waals surface area (Å²) < 4.78 is 0. The summed E-state index contributed by atoms with van der Waals surface area (Å²) in [6.45, 7) is 2.11. The molecule has 0 radical (unpaired) electrons. The summed E-state index contributed by atoms with van der Waals surface area (Å²) in [6.07, 6.45) is 5.66. The maximum Gasteiger partial charge on any atom is 0.250 e. The molecule has 1 aliphatic heterocycles. The molecule has 1 fully saturated rings. The van der Waals surface area contributed by atoms with Crippen molar-refractivity contribution in [1.29, 1.82) is 0 Å². The molecule has 0 aromatic heterocycles. The molecule has 0 atom stereocenters. The van der Waals surface area contributed by atoms with E-state index in [1.54, 1.807) is 6.08 Å². The Balaban J connectivity index is 1.59. The molecule has 1 saturated heterocycles. The Bertz CT molecular complexity index is 768. The summed E-state index contributed by atoms with van der Waals surface area (Å²) in [5, 5.41) is 6.13. The maximum absolute atomic E-state index is 12.0. The van der Waals surface area contributed by atoms with Crippen LogP contribution in [0.2, 0.25) is 0 Å². The van der Waals surface area contributed by atoms with Gasteiger partial charge in [-0.05, 0) is 48.8 Å². The predicted molar refractivity (Wildman–Crippen MR) is 108 cm³/mol. The van der Waals surface area contributed by atoms with Crippen molar-refractivity contribution < 1.29 is 4.79 Å². The van der Waals surface area contributed by atoms with Crippen LogP contribution >= 0.6 is 12.2 Å². The highest BCUT2D eigenvalue weighted by atomic mass is 32.1. The average molecular weight is 351 g/mol. The van der Waals surface area contributed by atoms with Gasteiger partial charge in [0, 0.05) is 19.2 Å². The fraction of sp³-hybridized carbons (Fsp3) is 0.200. The molecule has 5 heteroatoms. The van der Waals surface area contributed by atoms with Crippen molar-refractivity contribution in [3.63, 3.8) is 0 Å². The van der Waals surface area contributed by atoms with E-state index in [2.05, 4.69) is 21.6 Å². The first-order chi connectivity index (χ1) is 12.2. The lowest BCUT2D eigenvalue weighted by Gasteiger charge is -2.22. The summed E-state index contributed by atoms with van der Waals surface area (Å²) in [4.78, 5) is 14.4. The lowest BCUT2D eigenvalue weighted by atomic mass is 10.2. The number of nitrogens with one attached hydrogen (secondary N) is 2. The number of carbonyl (C=O) groups excluding carboxylic acids is 1. The van der Waals surface area contributed by atoms with Gasteiger partial charge in [-0.25, -0.2) is 0 Å². The van der Waals surface area contributed by atoms with Crippen molar-refractivity contribution in [1.82, 2.24) is 5.32 Å². The zero-order valence-corrected chi connectivity index (χ0v) is 14.8. The Morgan fingerprint density at radius 3 is 2.44 bits per heavy atom. The van der Waals surface area contributed by atoms with E-state index in [9.17, 15) is 4.79 Å². The van der Waals surface area contributed by atoms with Crippen LogP contribution < -0.4 is 15.5 Å². The van der Waals surface area contributed by atoms with Gasteiger partial charge in [-0.1, -0.05) is 42.5 Å². The third-order valence-corrected chi connectivity index (χ3v) is 4.27. The molecule has 1 heterocycles. The van der Waals surface area contributed by atoms with Crippen molar-refractivity contribution in [2.24, 2.45) is 0 Å². The maximum atomic E-state index is 12.0. The molecule has 128 valence electrons. The monoisotopic (exact) mass is 351 g/mol.